The molecule has 2 aliphatic heterocycles. The van der Waals surface area contributed by atoms with E-state index in [1.54, 1.807) is 6.20 Å². The molecule has 0 aromatic carbocycles. The van der Waals surface area contributed by atoms with Crippen LogP contribution >= 0.6 is 0 Å². The van der Waals surface area contributed by atoms with Crippen molar-refractivity contribution in [3.63, 3.8) is 0 Å². The van der Waals surface area contributed by atoms with Gasteiger partial charge >= 0.3 is 0 Å². The van der Waals surface area contributed by atoms with Crippen LogP contribution in [0.2, 0.25) is 0 Å². The van der Waals surface area contributed by atoms with E-state index in [1.807, 2.05) is 30.3 Å². The summed E-state index contributed by atoms with van der Waals surface area (Å²) in [5, 5.41) is 3.18. The number of hydrogen-bond donors (Lipinski definition) is 1. The number of carbonyl (C=O) groups is 1. The fourth-order valence-corrected chi connectivity index (χ4v) is 3.65. The third-order valence-electron chi connectivity index (χ3n) is 4.85. The van der Waals surface area contributed by atoms with E-state index in [2.05, 4.69) is 15.2 Å². The van der Waals surface area contributed by atoms with Crippen LogP contribution in [0.1, 0.15) is 24.8 Å². The van der Waals surface area contributed by atoms with Crippen LogP contribution in [0.5, 0.6) is 0 Å². The van der Waals surface area contributed by atoms with Crippen molar-refractivity contribution in [2.75, 3.05) is 39.9 Å². The summed E-state index contributed by atoms with van der Waals surface area (Å²) in [5.41, 5.74) is 1.11. The number of ether oxygens (including phenoxy) is 1. The molecule has 1 aromatic rings. The first-order chi connectivity index (χ1) is 11.7. The summed E-state index contributed by atoms with van der Waals surface area (Å²) in [4.78, 5) is 21.0. The van der Waals surface area contributed by atoms with Crippen LogP contribution < -0.4 is 5.32 Å². The van der Waals surface area contributed by atoms with Crippen LogP contribution in [0.25, 0.3) is 0 Å². The number of rotatable bonds is 6. The Morgan fingerprint density at radius 3 is 2.96 bits per heavy atom. The second-order valence-corrected chi connectivity index (χ2v) is 6.91. The van der Waals surface area contributed by atoms with Crippen molar-refractivity contribution >= 4 is 5.91 Å². The van der Waals surface area contributed by atoms with Crippen molar-refractivity contribution in [3.05, 3.63) is 30.1 Å². The molecule has 24 heavy (non-hydrogen) atoms. The molecule has 2 atom stereocenters. The number of likely N-dealkylation sites (tertiary alicyclic amines) is 1. The Kier molecular flexibility index (Phi) is 6.18. The lowest BCUT2D eigenvalue weighted by Crippen LogP contribution is -2.53. The van der Waals surface area contributed by atoms with Crippen molar-refractivity contribution in [3.8, 4) is 0 Å². The zero-order valence-electron chi connectivity index (χ0n) is 14.5. The molecule has 132 valence electrons. The molecule has 0 aliphatic carbocycles. The maximum atomic E-state index is 12.4. The number of nitrogens with one attached hydrogen (secondary N) is 1. The highest BCUT2D eigenvalue weighted by Crippen LogP contribution is 2.18. The maximum absolute atomic E-state index is 12.4. The average Bonchev–Trinajstić information content (AvgIpc) is 3.04. The van der Waals surface area contributed by atoms with Gasteiger partial charge in [-0.2, -0.15) is 0 Å². The number of carbonyl (C=O) groups excluding carboxylic acids is 1. The highest BCUT2D eigenvalue weighted by atomic mass is 16.5. The zero-order chi connectivity index (χ0) is 16.8. The van der Waals surface area contributed by atoms with E-state index in [4.69, 9.17) is 4.74 Å². The van der Waals surface area contributed by atoms with Crippen molar-refractivity contribution in [1.29, 1.82) is 0 Å². The van der Waals surface area contributed by atoms with Gasteiger partial charge in [-0.3, -0.25) is 19.6 Å². The maximum Gasteiger partial charge on any atom is 0.234 e. The van der Waals surface area contributed by atoms with Gasteiger partial charge in [-0.15, -0.1) is 0 Å². The first-order valence-electron chi connectivity index (χ1n) is 8.91. The van der Waals surface area contributed by atoms with Crippen molar-refractivity contribution in [1.82, 2.24) is 20.1 Å². The Hall–Kier alpha value is -1.50. The predicted octanol–water partition coefficient (Wildman–Crippen LogP) is 0.883. The Morgan fingerprint density at radius 2 is 2.21 bits per heavy atom. The van der Waals surface area contributed by atoms with Gasteiger partial charge in [-0.1, -0.05) is 12.5 Å². The summed E-state index contributed by atoms with van der Waals surface area (Å²) in [6, 6.07) is 4.39. The van der Waals surface area contributed by atoms with Crippen LogP contribution in [0, 0.1) is 0 Å². The third kappa shape index (κ3) is 4.75. The van der Waals surface area contributed by atoms with E-state index in [0.717, 1.165) is 31.8 Å². The highest BCUT2D eigenvalue weighted by molar-refractivity contribution is 5.78. The Morgan fingerprint density at radius 1 is 1.38 bits per heavy atom. The molecule has 6 nitrogen and oxygen atoms in total. The smallest absolute Gasteiger partial charge is 0.234 e. The first-order valence-corrected chi connectivity index (χ1v) is 8.91. The van der Waals surface area contributed by atoms with Gasteiger partial charge in [0.15, 0.2) is 0 Å². The quantitative estimate of drug-likeness (QED) is 0.838. The first kappa shape index (κ1) is 17.3. The number of amides is 1. The van der Waals surface area contributed by atoms with Crippen molar-refractivity contribution in [2.45, 2.75) is 37.9 Å². The molecule has 2 fully saturated rings. The van der Waals surface area contributed by atoms with Gasteiger partial charge in [0.2, 0.25) is 5.91 Å². The van der Waals surface area contributed by atoms with E-state index in [9.17, 15) is 4.79 Å². The second kappa shape index (κ2) is 8.55. The summed E-state index contributed by atoms with van der Waals surface area (Å²) < 4.78 is 5.65. The molecule has 6 heteroatoms. The second-order valence-electron chi connectivity index (χ2n) is 6.91. The van der Waals surface area contributed by atoms with E-state index in [0.29, 0.717) is 19.2 Å². The van der Waals surface area contributed by atoms with E-state index < -0.39 is 0 Å². The minimum absolute atomic E-state index is 0.0684. The number of pyridine rings is 1. The van der Waals surface area contributed by atoms with Gasteiger partial charge in [0.05, 0.1) is 31.8 Å². The Balaban J connectivity index is 1.46. The van der Waals surface area contributed by atoms with E-state index in [-0.39, 0.29) is 11.9 Å². The van der Waals surface area contributed by atoms with E-state index >= 15 is 0 Å². The molecule has 1 N–H and O–H groups in total. The molecule has 0 bridgehead atoms. The molecule has 2 saturated heterocycles. The van der Waals surface area contributed by atoms with Gasteiger partial charge in [0, 0.05) is 18.9 Å². The van der Waals surface area contributed by atoms with Gasteiger partial charge in [0.25, 0.3) is 0 Å². The summed E-state index contributed by atoms with van der Waals surface area (Å²) >= 11 is 0. The lowest BCUT2D eigenvalue weighted by atomic mass is 10.0. The van der Waals surface area contributed by atoms with Gasteiger partial charge in [-0.25, -0.2) is 0 Å². The molecule has 1 aromatic heterocycles. The van der Waals surface area contributed by atoms with Crippen LogP contribution in [0.15, 0.2) is 24.5 Å². The largest absolute Gasteiger partial charge is 0.378 e. The molecule has 0 saturated carbocycles. The van der Waals surface area contributed by atoms with Crippen molar-refractivity contribution < 1.29 is 9.53 Å². The number of aromatic nitrogens is 1. The zero-order valence-corrected chi connectivity index (χ0v) is 14.5. The fourth-order valence-electron chi connectivity index (χ4n) is 3.65. The van der Waals surface area contributed by atoms with Gasteiger partial charge in [-0.05, 0) is 44.6 Å². The molecule has 0 unspecified atom stereocenters. The summed E-state index contributed by atoms with van der Waals surface area (Å²) in [5.74, 6) is 0.0684. The molecular formula is C18H28N4O2. The SMILES string of the molecule is CN(CC(=O)N[C@H]1COC[C@@H]1N1CCCCC1)Cc1cccnc1. The topological polar surface area (TPSA) is 57.7 Å². The number of hydrogen-bond acceptors (Lipinski definition) is 5. The monoisotopic (exact) mass is 332 g/mol. The Bertz CT molecular complexity index is 519. The molecule has 1 amide bonds. The summed E-state index contributed by atoms with van der Waals surface area (Å²) in [6.45, 7) is 4.72. The number of piperidine rings is 1. The van der Waals surface area contributed by atoms with E-state index in [1.165, 1.54) is 19.3 Å². The van der Waals surface area contributed by atoms with Gasteiger partial charge < -0.3 is 10.1 Å². The van der Waals surface area contributed by atoms with Crippen LogP contribution in [0.3, 0.4) is 0 Å². The third-order valence-corrected chi connectivity index (χ3v) is 4.85. The minimum Gasteiger partial charge on any atom is -0.378 e. The minimum atomic E-state index is 0.0684. The van der Waals surface area contributed by atoms with Crippen molar-refractivity contribution in [2.24, 2.45) is 0 Å². The summed E-state index contributed by atoms with van der Waals surface area (Å²) in [6.07, 6.45) is 7.43. The predicted molar refractivity (Wildman–Crippen MR) is 92.5 cm³/mol. The molecular weight excluding hydrogens is 304 g/mol. The molecule has 3 rings (SSSR count). The average molecular weight is 332 g/mol. The Labute approximate surface area is 144 Å². The fraction of sp³-hybridized carbons (Fsp3) is 0.667. The van der Waals surface area contributed by atoms with Gasteiger partial charge in [0.1, 0.15) is 0 Å². The van der Waals surface area contributed by atoms with Crippen LogP contribution in [-0.2, 0) is 16.1 Å². The van der Waals surface area contributed by atoms with Crippen LogP contribution in [0.4, 0.5) is 0 Å². The lowest BCUT2D eigenvalue weighted by Gasteiger charge is -2.34. The lowest BCUT2D eigenvalue weighted by molar-refractivity contribution is -0.123. The highest BCUT2D eigenvalue weighted by Gasteiger charge is 2.34. The standard InChI is InChI=1S/C18H28N4O2/c1-21(11-15-6-5-7-19-10-15)12-18(23)20-16-13-24-14-17(16)22-8-3-2-4-9-22/h5-7,10,16-17H,2-4,8-9,11-14H2,1H3,(H,20,23)/t16-,17-/m0/s1. The number of likely N-dealkylation sites (N-methyl/N-ethyl adjacent to an activating group) is 1. The molecule has 2 aliphatic rings. The molecule has 3 heterocycles. The summed E-state index contributed by atoms with van der Waals surface area (Å²) in [7, 11) is 1.96. The number of nitrogens with zero attached hydrogens (tertiary/aromatic N) is 3. The normalized spacial score (nSPS) is 25.1. The molecule has 0 spiro atoms. The van der Waals surface area contributed by atoms with Crippen LogP contribution in [-0.4, -0.2) is 72.7 Å². The molecule has 0 radical (unpaired) electrons.